The van der Waals surface area contributed by atoms with Gasteiger partial charge in [0.05, 0.1) is 6.10 Å². The predicted molar refractivity (Wildman–Crippen MR) is 89.3 cm³/mol. The van der Waals surface area contributed by atoms with E-state index in [2.05, 4.69) is 10.3 Å². The Labute approximate surface area is 137 Å². The van der Waals surface area contributed by atoms with Crippen LogP contribution in [0.15, 0.2) is 4.99 Å². The highest BCUT2D eigenvalue weighted by Gasteiger charge is 2.47. The van der Waals surface area contributed by atoms with Crippen molar-refractivity contribution in [2.75, 3.05) is 19.8 Å². The number of hydrogen-bond donors (Lipinski definition) is 3. The summed E-state index contributed by atoms with van der Waals surface area (Å²) in [5.41, 5.74) is 5.94. The third kappa shape index (κ3) is 3.57. The van der Waals surface area contributed by atoms with Crippen LogP contribution in [0.1, 0.15) is 38.5 Å². The molecule has 4 N–H and O–H groups in total. The molecule has 2 unspecified atom stereocenters. The normalized spacial score (nSPS) is 33.0. The molecule has 6 heteroatoms. The predicted octanol–water partition coefficient (Wildman–Crippen LogP) is 1.24. The van der Waals surface area contributed by atoms with E-state index in [4.69, 9.17) is 10.5 Å². The van der Waals surface area contributed by atoms with Crippen LogP contribution in [0, 0.1) is 11.3 Å². The topological polar surface area (TPSA) is 79.9 Å². The molecule has 2 saturated carbocycles. The minimum atomic E-state index is -0.242. The number of nitrogens with zero attached hydrogens (tertiary/aromatic N) is 1. The van der Waals surface area contributed by atoms with E-state index in [1.54, 1.807) is 0 Å². The lowest BCUT2D eigenvalue weighted by Crippen LogP contribution is -2.39. The minimum absolute atomic E-state index is 0. The van der Waals surface area contributed by atoms with Gasteiger partial charge in [-0.15, -0.1) is 24.0 Å². The van der Waals surface area contributed by atoms with E-state index < -0.39 is 0 Å². The maximum atomic E-state index is 10.6. The van der Waals surface area contributed by atoms with E-state index >= 15 is 0 Å². The van der Waals surface area contributed by atoms with E-state index in [0.29, 0.717) is 18.5 Å². The summed E-state index contributed by atoms with van der Waals surface area (Å²) in [6.07, 6.45) is 6.30. The average molecular weight is 395 g/mol. The van der Waals surface area contributed by atoms with Crippen LogP contribution >= 0.6 is 24.0 Å². The number of aliphatic hydroxyl groups excluding tert-OH is 1. The number of aliphatic hydroxyl groups is 1. The third-order valence-corrected chi connectivity index (χ3v) is 5.00. The molecule has 0 aromatic carbocycles. The van der Waals surface area contributed by atoms with Crippen molar-refractivity contribution in [1.29, 1.82) is 0 Å². The largest absolute Gasteiger partial charge is 0.392 e. The molecule has 0 aromatic heterocycles. The number of hydrogen-bond acceptors (Lipinski definition) is 3. The average Bonchev–Trinajstić information content (AvgIpc) is 3.18. The Bertz CT molecular complexity index is 354. The number of nitrogens with one attached hydrogen (secondary N) is 1. The number of aliphatic imine (C=N–C) groups is 1. The summed E-state index contributed by atoms with van der Waals surface area (Å²) in [6, 6.07) is 0.541. The molecule has 5 nitrogen and oxygen atoms in total. The number of halogens is 1. The summed E-state index contributed by atoms with van der Waals surface area (Å²) in [5.74, 6) is 0.806. The standard InChI is InChI=1S/C14H25N3O2.HI/c15-13(17-11-1-2-11)16-9-10-3-4-14(12(10)18)5-7-19-8-6-14;/h10-12,18H,1-9H2,(H3,15,16,17);1H. The lowest BCUT2D eigenvalue weighted by atomic mass is 9.76. The maximum Gasteiger partial charge on any atom is 0.188 e. The first-order valence-electron chi connectivity index (χ1n) is 7.52. The summed E-state index contributed by atoms with van der Waals surface area (Å²) in [7, 11) is 0. The molecular weight excluding hydrogens is 369 g/mol. The highest BCUT2D eigenvalue weighted by molar-refractivity contribution is 14.0. The third-order valence-electron chi connectivity index (χ3n) is 5.00. The van der Waals surface area contributed by atoms with Gasteiger partial charge in [-0.3, -0.25) is 4.99 Å². The lowest BCUT2D eigenvalue weighted by Gasteiger charge is -2.37. The molecular formula is C14H26IN3O2. The SMILES string of the molecule is I.NC(=NCC1CCC2(CCOCC2)C1O)NC1CC1. The molecule has 1 aliphatic heterocycles. The molecule has 20 heavy (non-hydrogen) atoms. The Morgan fingerprint density at radius 2 is 1.95 bits per heavy atom. The highest BCUT2D eigenvalue weighted by Crippen LogP contribution is 2.48. The van der Waals surface area contributed by atoms with Crippen molar-refractivity contribution < 1.29 is 9.84 Å². The van der Waals surface area contributed by atoms with Gasteiger partial charge in [0, 0.05) is 37.1 Å². The van der Waals surface area contributed by atoms with Crippen molar-refractivity contribution in [3.63, 3.8) is 0 Å². The molecule has 0 aromatic rings. The van der Waals surface area contributed by atoms with Crippen LogP contribution < -0.4 is 11.1 Å². The fraction of sp³-hybridized carbons (Fsp3) is 0.929. The molecule has 2 aliphatic carbocycles. The molecule has 0 radical (unpaired) electrons. The Balaban J connectivity index is 0.00000147. The number of nitrogens with two attached hydrogens (primary N) is 1. The van der Waals surface area contributed by atoms with Gasteiger partial charge in [-0.1, -0.05) is 0 Å². The van der Waals surface area contributed by atoms with Crippen molar-refractivity contribution in [3.05, 3.63) is 0 Å². The lowest BCUT2D eigenvalue weighted by molar-refractivity contribution is -0.0548. The van der Waals surface area contributed by atoms with Crippen LogP contribution in [-0.2, 0) is 4.74 Å². The van der Waals surface area contributed by atoms with Crippen LogP contribution in [0.4, 0.5) is 0 Å². The molecule has 3 fully saturated rings. The van der Waals surface area contributed by atoms with Gasteiger partial charge >= 0.3 is 0 Å². The van der Waals surface area contributed by atoms with Crippen molar-refractivity contribution in [3.8, 4) is 0 Å². The summed E-state index contributed by atoms with van der Waals surface area (Å²) < 4.78 is 5.42. The Kier molecular flexibility index (Phi) is 5.53. The molecule has 1 heterocycles. The van der Waals surface area contributed by atoms with Gasteiger partial charge in [-0.25, -0.2) is 0 Å². The Morgan fingerprint density at radius 1 is 1.25 bits per heavy atom. The van der Waals surface area contributed by atoms with Crippen LogP contribution in [-0.4, -0.2) is 43.0 Å². The second kappa shape index (κ2) is 6.79. The Hall–Kier alpha value is -0.0800. The summed E-state index contributed by atoms with van der Waals surface area (Å²) in [6.45, 7) is 2.23. The Morgan fingerprint density at radius 3 is 2.60 bits per heavy atom. The fourth-order valence-electron chi connectivity index (χ4n) is 3.49. The monoisotopic (exact) mass is 395 g/mol. The number of rotatable bonds is 3. The number of ether oxygens (including phenoxy) is 1. The molecule has 116 valence electrons. The molecule has 0 amide bonds. The first kappa shape index (κ1) is 16.3. The first-order valence-corrected chi connectivity index (χ1v) is 7.52. The highest BCUT2D eigenvalue weighted by atomic mass is 127. The van der Waals surface area contributed by atoms with Gasteiger partial charge in [0.1, 0.15) is 0 Å². The zero-order chi connectivity index (χ0) is 13.3. The van der Waals surface area contributed by atoms with E-state index in [1.807, 2.05) is 0 Å². The van der Waals surface area contributed by atoms with E-state index in [0.717, 1.165) is 38.9 Å². The van der Waals surface area contributed by atoms with Crippen molar-refractivity contribution in [2.45, 2.75) is 50.7 Å². The molecule has 3 aliphatic rings. The molecule has 2 atom stereocenters. The second-order valence-corrected chi connectivity index (χ2v) is 6.36. The smallest absolute Gasteiger partial charge is 0.188 e. The van der Waals surface area contributed by atoms with E-state index in [9.17, 15) is 5.11 Å². The minimum Gasteiger partial charge on any atom is -0.392 e. The van der Waals surface area contributed by atoms with E-state index in [-0.39, 0.29) is 41.4 Å². The van der Waals surface area contributed by atoms with Gasteiger partial charge in [0.25, 0.3) is 0 Å². The van der Waals surface area contributed by atoms with Gasteiger partial charge in [0.15, 0.2) is 5.96 Å². The van der Waals surface area contributed by atoms with Crippen LogP contribution in [0.3, 0.4) is 0 Å². The van der Waals surface area contributed by atoms with Gasteiger partial charge < -0.3 is 20.9 Å². The molecule has 1 saturated heterocycles. The van der Waals surface area contributed by atoms with Crippen molar-refractivity contribution in [1.82, 2.24) is 5.32 Å². The van der Waals surface area contributed by atoms with E-state index in [1.165, 1.54) is 12.8 Å². The summed E-state index contributed by atoms with van der Waals surface area (Å²) in [4.78, 5) is 4.41. The van der Waals surface area contributed by atoms with Crippen LogP contribution in [0.5, 0.6) is 0 Å². The summed E-state index contributed by atoms with van der Waals surface area (Å²) >= 11 is 0. The van der Waals surface area contributed by atoms with Crippen molar-refractivity contribution in [2.24, 2.45) is 22.1 Å². The summed E-state index contributed by atoms with van der Waals surface area (Å²) in [5, 5.41) is 13.8. The molecule has 3 rings (SSSR count). The molecule has 1 spiro atoms. The van der Waals surface area contributed by atoms with Crippen molar-refractivity contribution >= 4 is 29.9 Å². The second-order valence-electron chi connectivity index (χ2n) is 6.36. The van der Waals surface area contributed by atoms with Gasteiger partial charge in [-0.05, 0) is 38.5 Å². The zero-order valence-electron chi connectivity index (χ0n) is 11.9. The van der Waals surface area contributed by atoms with Crippen LogP contribution in [0.2, 0.25) is 0 Å². The van der Waals surface area contributed by atoms with Gasteiger partial charge in [0.2, 0.25) is 0 Å². The number of guanidine groups is 1. The quantitative estimate of drug-likeness (QED) is 0.382. The van der Waals surface area contributed by atoms with Crippen LogP contribution in [0.25, 0.3) is 0 Å². The maximum absolute atomic E-state index is 10.6. The van der Waals surface area contributed by atoms with Gasteiger partial charge in [-0.2, -0.15) is 0 Å². The molecule has 0 bridgehead atoms. The zero-order valence-corrected chi connectivity index (χ0v) is 14.2. The fourth-order valence-corrected chi connectivity index (χ4v) is 3.49. The first-order chi connectivity index (χ1) is 9.20.